The summed E-state index contributed by atoms with van der Waals surface area (Å²) >= 11 is 1.42. The van der Waals surface area contributed by atoms with Crippen molar-refractivity contribution in [3.63, 3.8) is 0 Å². The Kier molecular flexibility index (Phi) is 4.02. The van der Waals surface area contributed by atoms with Gasteiger partial charge in [0, 0.05) is 0 Å². The summed E-state index contributed by atoms with van der Waals surface area (Å²) in [4.78, 5) is 37.0. The van der Waals surface area contributed by atoms with Crippen LogP contribution in [0.5, 0.6) is 0 Å². The first-order valence-electron chi connectivity index (χ1n) is 7.57. The number of fused-ring (bicyclic) bond motifs is 1. The van der Waals surface area contributed by atoms with Crippen LogP contribution in [0, 0.1) is 6.92 Å². The van der Waals surface area contributed by atoms with Crippen molar-refractivity contribution < 1.29 is 24.2 Å². The topological polar surface area (TPSA) is 115 Å². The van der Waals surface area contributed by atoms with Crippen LogP contribution >= 0.6 is 11.8 Å². The number of esters is 1. The van der Waals surface area contributed by atoms with Crippen LogP contribution in [0.4, 0.5) is 0 Å². The highest BCUT2D eigenvalue weighted by Gasteiger charge is 2.61. The quantitative estimate of drug-likeness (QED) is 0.592. The van der Waals surface area contributed by atoms with Gasteiger partial charge in [0.15, 0.2) is 5.69 Å². The van der Waals surface area contributed by atoms with Gasteiger partial charge in [-0.25, -0.2) is 14.3 Å². The normalized spacial score (nSPS) is 28.5. The highest BCUT2D eigenvalue weighted by Crippen LogP contribution is 2.51. The largest absolute Gasteiger partial charge is 0.480 e. The van der Waals surface area contributed by atoms with Crippen LogP contribution in [-0.2, 0) is 20.9 Å². The molecule has 0 aromatic carbocycles. The van der Waals surface area contributed by atoms with E-state index in [4.69, 9.17) is 4.74 Å². The molecule has 3 heterocycles. The van der Waals surface area contributed by atoms with Crippen molar-refractivity contribution >= 4 is 29.6 Å². The van der Waals surface area contributed by atoms with Crippen molar-refractivity contribution in [2.75, 3.05) is 6.61 Å². The lowest BCUT2D eigenvalue weighted by molar-refractivity contribution is -0.157. The molecule has 24 heavy (non-hydrogen) atoms. The summed E-state index contributed by atoms with van der Waals surface area (Å²) in [7, 11) is 0. The van der Waals surface area contributed by atoms with Gasteiger partial charge in [-0.2, -0.15) is 0 Å². The van der Waals surface area contributed by atoms with E-state index in [-0.39, 0.29) is 30.1 Å². The van der Waals surface area contributed by atoms with Crippen molar-refractivity contribution in [1.29, 1.82) is 0 Å². The highest BCUT2D eigenvalue weighted by atomic mass is 32.2. The zero-order valence-corrected chi connectivity index (χ0v) is 14.4. The molecule has 3 rings (SSSR count). The van der Waals surface area contributed by atoms with E-state index in [9.17, 15) is 19.5 Å². The Morgan fingerprint density at radius 3 is 2.79 bits per heavy atom. The summed E-state index contributed by atoms with van der Waals surface area (Å²) in [6.07, 6.45) is 0.338. The van der Waals surface area contributed by atoms with Gasteiger partial charge in [-0.15, -0.1) is 16.9 Å². The molecule has 1 amide bonds. The standard InChI is InChI=1S/C14H18N4O5S/c1-4-23-13(22)10-7(2)15-16-17(10)6-14(3)11(12(20)21)18-8(19)5-9(18)24-14/h9,11H,4-6H2,1-3H3,(H,20,21). The van der Waals surface area contributed by atoms with Crippen molar-refractivity contribution in [2.24, 2.45) is 0 Å². The van der Waals surface area contributed by atoms with Gasteiger partial charge in [0.05, 0.1) is 35.4 Å². The molecule has 2 aliphatic rings. The number of hydrogen-bond acceptors (Lipinski definition) is 7. The summed E-state index contributed by atoms with van der Waals surface area (Å²) in [5.74, 6) is -1.77. The Hall–Kier alpha value is -2.10. The molecule has 2 aliphatic heterocycles. The molecule has 0 radical (unpaired) electrons. The van der Waals surface area contributed by atoms with E-state index in [2.05, 4.69) is 10.3 Å². The maximum atomic E-state index is 12.1. The Labute approximate surface area is 142 Å². The predicted octanol–water partition coefficient (Wildman–Crippen LogP) is 0.280. The third-order valence-electron chi connectivity index (χ3n) is 4.28. The molecule has 0 bridgehead atoms. The Balaban J connectivity index is 1.92. The predicted molar refractivity (Wildman–Crippen MR) is 83.4 cm³/mol. The van der Waals surface area contributed by atoms with Crippen LogP contribution in [0.1, 0.15) is 36.5 Å². The molecule has 1 aromatic heterocycles. The van der Waals surface area contributed by atoms with Gasteiger partial charge in [-0.3, -0.25) is 4.79 Å². The average molecular weight is 354 g/mol. The monoisotopic (exact) mass is 354 g/mol. The van der Waals surface area contributed by atoms with E-state index in [1.165, 1.54) is 21.3 Å². The minimum Gasteiger partial charge on any atom is -0.480 e. The second-order valence-electron chi connectivity index (χ2n) is 6.03. The first kappa shape index (κ1) is 16.7. The lowest BCUT2D eigenvalue weighted by Gasteiger charge is -2.36. The number of aryl methyl sites for hydroxylation is 1. The van der Waals surface area contributed by atoms with E-state index < -0.39 is 22.7 Å². The second-order valence-corrected chi connectivity index (χ2v) is 7.75. The molecule has 2 saturated heterocycles. The van der Waals surface area contributed by atoms with Crippen LogP contribution in [0.15, 0.2) is 0 Å². The smallest absolute Gasteiger partial charge is 0.358 e. The number of carboxylic acids is 1. The molecule has 1 aromatic rings. The van der Waals surface area contributed by atoms with Crippen LogP contribution in [0.3, 0.4) is 0 Å². The highest BCUT2D eigenvalue weighted by molar-refractivity contribution is 8.01. The van der Waals surface area contributed by atoms with Gasteiger partial charge in [-0.1, -0.05) is 5.21 Å². The molecule has 0 saturated carbocycles. The molecular weight excluding hydrogens is 336 g/mol. The number of aliphatic carboxylic acids is 1. The molecule has 0 spiro atoms. The van der Waals surface area contributed by atoms with E-state index in [1.807, 2.05) is 0 Å². The van der Waals surface area contributed by atoms with Crippen molar-refractivity contribution in [2.45, 2.75) is 49.9 Å². The number of carbonyl (C=O) groups excluding carboxylic acids is 2. The summed E-state index contributed by atoms with van der Waals surface area (Å²) in [5, 5.41) is 17.3. The van der Waals surface area contributed by atoms with Crippen molar-refractivity contribution in [3.05, 3.63) is 11.4 Å². The van der Waals surface area contributed by atoms with E-state index in [1.54, 1.807) is 20.8 Å². The Bertz CT molecular complexity index is 720. The zero-order chi connectivity index (χ0) is 17.6. The van der Waals surface area contributed by atoms with E-state index in [0.717, 1.165) is 0 Å². The molecule has 0 aliphatic carbocycles. The number of carboxylic acid groups (broad SMARTS) is 1. The fourth-order valence-electron chi connectivity index (χ4n) is 3.24. The number of β-lactam (4-membered cyclic amide) rings is 1. The number of ether oxygens (including phenoxy) is 1. The van der Waals surface area contributed by atoms with E-state index >= 15 is 0 Å². The average Bonchev–Trinajstić information content (AvgIpc) is 2.95. The van der Waals surface area contributed by atoms with Gasteiger partial charge in [0.25, 0.3) is 0 Å². The molecule has 3 atom stereocenters. The van der Waals surface area contributed by atoms with Crippen LogP contribution < -0.4 is 0 Å². The summed E-state index contributed by atoms with van der Waals surface area (Å²) in [6.45, 7) is 5.48. The number of nitrogens with zero attached hydrogens (tertiary/aromatic N) is 4. The molecule has 9 nitrogen and oxygen atoms in total. The number of amides is 1. The molecule has 2 fully saturated rings. The van der Waals surface area contributed by atoms with Gasteiger partial charge < -0.3 is 14.7 Å². The second kappa shape index (κ2) is 5.76. The number of rotatable bonds is 5. The maximum Gasteiger partial charge on any atom is 0.358 e. The van der Waals surface area contributed by atoms with Crippen LogP contribution in [0.2, 0.25) is 0 Å². The first-order chi connectivity index (χ1) is 11.3. The molecule has 1 N–H and O–H groups in total. The number of aromatic nitrogens is 3. The van der Waals surface area contributed by atoms with Gasteiger partial charge in [0.2, 0.25) is 5.91 Å². The maximum absolute atomic E-state index is 12.1. The molecule has 130 valence electrons. The molecule has 10 heteroatoms. The summed E-state index contributed by atoms with van der Waals surface area (Å²) in [5.41, 5.74) is 0.634. The summed E-state index contributed by atoms with van der Waals surface area (Å²) in [6, 6.07) is -0.965. The SMILES string of the molecule is CCOC(=O)c1c(C)nnn1CC1(C)SC2CC(=O)N2C1C(=O)O. The third-order valence-corrected chi connectivity index (χ3v) is 5.84. The lowest BCUT2D eigenvalue weighted by Crippen LogP contribution is -2.58. The van der Waals surface area contributed by atoms with Crippen molar-refractivity contribution in [1.82, 2.24) is 19.9 Å². The number of thioether (sulfide) groups is 1. The number of hydrogen-bond donors (Lipinski definition) is 1. The van der Waals surface area contributed by atoms with Gasteiger partial charge >= 0.3 is 11.9 Å². The van der Waals surface area contributed by atoms with Crippen molar-refractivity contribution in [3.8, 4) is 0 Å². The summed E-state index contributed by atoms with van der Waals surface area (Å²) < 4.78 is 5.59. The Morgan fingerprint density at radius 1 is 1.50 bits per heavy atom. The van der Waals surface area contributed by atoms with Gasteiger partial charge in [-0.05, 0) is 20.8 Å². The fourth-order valence-corrected chi connectivity index (χ4v) is 4.98. The zero-order valence-electron chi connectivity index (χ0n) is 13.6. The Morgan fingerprint density at radius 2 is 2.21 bits per heavy atom. The first-order valence-corrected chi connectivity index (χ1v) is 8.45. The molecular formula is C14H18N4O5S. The number of carbonyl (C=O) groups is 3. The van der Waals surface area contributed by atoms with Crippen LogP contribution in [-0.4, -0.2) is 65.6 Å². The van der Waals surface area contributed by atoms with Crippen LogP contribution in [0.25, 0.3) is 0 Å². The minimum atomic E-state index is -1.06. The third kappa shape index (κ3) is 2.45. The molecule has 3 unspecified atom stereocenters. The lowest BCUT2D eigenvalue weighted by atomic mass is 9.96. The van der Waals surface area contributed by atoms with E-state index in [0.29, 0.717) is 12.1 Å². The minimum absolute atomic E-state index is 0.140. The van der Waals surface area contributed by atoms with Gasteiger partial charge in [0.1, 0.15) is 6.04 Å². The fraction of sp³-hybridized carbons (Fsp3) is 0.643.